The molecule has 0 fully saturated rings. The minimum atomic E-state index is -0.853. The standard InChI is InChI=1S/C16H14N2O2.C2H6/c1-20-14-16(18-15(19)17-14,12-8-4-2-5-9-12)13-10-6-3-7-11-13;1-2/h2-11H,1H3,(H,18,19);1-2H3. The zero-order valence-corrected chi connectivity index (χ0v) is 13.0. The average molecular weight is 296 g/mol. The number of hydrogen-bond donors (Lipinski definition) is 1. The smallest absolute Gasteiger partial charge is 0.345 e. The molecule has 1 aliphatic rings. The number of amides is 2. The van der Waals surface area contributed by atoms with E-state index < -0.39 is 11.6 Å². The molecule has 1 aliphatic heterocycles. The first kappa shape index (κ1) is 15.8. The first-order valence-electron chi connectivity index (χ1n) is 7.34. The second-order valence-corrected chi connectivity index (χ2v) is 4.53. The monoisotopic (exact) mass is 296 g/mol. The summed E-state index contributed by atoms with van der Waals surface area (Å²) in [7, 11) is 1.53. The molecule has 0 bridgehead atoms. The fourth-order valence-corrected chi connectivity index (χ4v) is 2.55. The Morgan fingerprint density at radius 1 is 0.909 bits per heavy atom. The van der Waals surface area contributed by atoms with Gasteiger partial charge in [0, 0.05) is 0 Å². The van der Waals surface area contributed by atoms with Crippen LogP contribution in [0.25, 0.3) is 0 Å². The van der Waals surface area contributed by atoms with Crippen LogP contribution in [0.2, 0.25) is 0 Å². The van der Waals surface area contributed by atoms with Crippen molar-refractivity contribution in [1.29, 1.82) is 0 Å². The molecule has 0 aromatic heterocycles. The predicted molar refractivity (Wildman–Crippen MR) is 88.0 cm³/mol. The van der Waals surface area contributed by atoms with E-state index in [1.807, 2.05) is 74.5 Å². The minimum Gasteiger partial charge on any atom is -0.482 e. The Morgan fingerprint density at radius 2 is 1.36 bits per heavy atom. The number of urea groups is 1. The van der Waals surface area contributed by atoms with Crippen LogP contribution in [0, 0.1) is 0 Å². The number of aliphatic imine (C=N–C) groups is 1. The van der Waals surface area contributed by atoms with E-state index >= 15 is 0 Å². The molecule has 0 saturated carbocycles. The molecule has 4 heteroatoms. The lowest BCUT2D eigenvalue weighted by atomic mass is 9.83. The third-order valence-corrected chi connectivity index (χ3v) is 3.43. The van der Waals surface area contributed by atoms with Crippen molar-refractivity contribution in [2.75, 3.05) is 7.11 Å². The molecule has 0 atom stereocenters. The quantitative estimate of drug-likeness (QED) is 0.918. The molecule has 1 N–H and O–H groups in total. The van der Waals surface area contributed by atoms with Crippen molar-refractivity contribution in [3.05, 3.63) is 71.8 Å². The molecule has 1 heterocycles. The lowest BCUT2D eigenvalue weighted by Gasteiger charge is -2.30. The largest absolute Gasteiger partial charge is 0.482 e. The summed E-state index contributed by atoms with van der Waals surface area (Å²) in [6.07, 6.45) is 0. The lowest BCUT2D eigenvalue weighted by Crippen LogP contribution is -2.47. The Kier molecular flexibility index (Phi) is 4.94. The molecule has 0 spiro atoms. The number of benzene rings is 2. The van der Waals surface area contributed by atoms with Crippen molar-refractivity contribution in [1.82, 2.24) is 5.32 Å². The summed E-state index contributed by atoms with van der Waals surface area (Å²) in [5.74, 6) is 0.361. The number of carbonyl (C=O) groups excluding carboxylic acids is 1. The maximum atomic E-state index is 11.8. The van der Waals surface area contributed by atoms with Crippen LogP contribution < -0.4 is 5.32 Å². The Hall–Kier alpha value is -2.62. The second kappa shape index (κ2) is 6.89. The van der Waals surface area contributed by atoms with E-state index in [4.69, 9.17) is 4.74 Å². The number of nitrogens with zero attached hydrogens (tertiary/aromatic N) is 1. The van der Waals surface area contributed by atoms with Gasteiger partial charge in [0.05, 0.1) is 7.11 Å². The van der Waals surface area contributed by atoms with Crippen molar-refractivity contribution in [2.45, 2.75) is 19.4 Å². The highest BCUT2D eigenvalue weighted by atomic mass is 16.5. The van der Waals surface area contributed by atoms with Gasteiger partial charge >= 0.3 is 6.03 Å². The number of hydrogen-bond acceptors (Lipinski definition) is 2. The molecule has 2 amide bonds. The van der Waals surface area contributed by atoms with Gasteiger partial charge in [-0.25, -0.2) is 4.79 Å². The van der Waals surface area contributed by atoms with Crippen molar-refractivity contribution in [3.8, 4) is 0 Å². The van der Waals surface area contributed by atoms with Crippen LogP contribution in [-0.4, -0.2) is 19.0 Å². The molecule has 0 unspecified atom stereocenters. The molecule has 2 aromatic carbocycles. The lowest BCUT2D eigenvalue weighted by molar-refractivity contribution is 0.247. The minimum absolute atomic E-state index is 0.361. The van der Waals surface area contributed by atoms with Gasteiger partial charge in [-0.15, -0.1) is 0 Å². The maximum absolute atomic E-state index is 11.8. The number of methoxy groups -OCH3 is 1. The van der Waals surface area contributed by atoms with E-state index in [0.717, 1.165) is 11.1 Å². The Bertz CT molecular complexity index is 612. The van der Waals surface area contributed by atoms with Crippen LogP contribution in [0.3, 0.4) is 0 Å². The van der Waals surface area contributed by atoms with Crippen LogP contribution in [0.4, 0.5) is 4.79 Å². The van der Waals surface area contributed by atoms with Crippen LogP contribution in [0.5, 0.6) is 0 Å². The number of ether oxygens (including phenoxy) is 1. The fourth-order valence-electron chi connectivity index (χ4n) is 2.55. The van der Waals surface area contributed by atoms with Gasteiger partial charge in [0.1, 0.15) is 0 Å². The van der Waals surface area contributed by atoms with Crippen LogP contribution >= 0.6 is 0 Å². The van der Waals surface area contributed by atoms with E-state index in [1.165, 1.54) is 7.11 Å². The van der Waals surface area contributed by atoms with Crippen molar-refractivity contribution in [3.63, 3.8) is 0 Å². The normalized spacial score (nSPS) is 15.2. The van der Waals surface area contributed by atoms with Crippen LogP contribution in [-0.2, 0) is 10.3 Å². The van der Waals surface area contributed by atoms with Crippen LogP contribution in [0.15, 0.2) is 65.7 Å². The van der Waals surface area contributed by atoms with E-state index in [-0.39, 0.29) is 0 Å². The van der Waals surface area contributed by atoms with Crippen molar-refractivity contribution >= 4 is 11.9 Å². The average Bonchev–Trinajstić information content (AvgIpc) is 2.96. The van der Waals surface area contributed by atoms with Gasteiger partial charge in [-0.05, 0) is 11.1 Å². The van der Waals surface area contributed by atoms with Gasteiger partial charge in [0.25, 0.3) is 0 Å². The van der Waals surface area contributed by atoms with Gasteiger partial charge < -0.3 is 10.1 Å². The summed E-state index contributed by atoms with van der Waals surface area (Å²) in [5, 5.41) is 2.93. The molecule has 0 saturated heterocycles. The van der Waals surface area contributed by atoms with Crippen molar-refractivity contribution < 1.29 is 9.53 Å². The number of rotatable bonds is 2. The second-order valence-electron chi connectivity index (χ2n) is 4.53. The molecule has 22 heavy (non-hydrogen) atoms. The van der Waals surface area contributed by atoms with Crippen molar-refractivity contribution in [2.24, 2.45) is 4.99 Å². The molecule has 114 valence electrons. The number of nitrogens with one attached hydrogen (secondary N) is 1. The van der Waals surface area contributed by atoms with Gasteiger partial charge in [-0.3, -0.25) is 0 Å². The molecule has 4 nitrogen and oxygen atoms in total. The Morgan fingerprint density at radius 3 is 1.77 bits per heavy atom. The highest BCUT2D eigenvalue weighted by Crippen LogP contribution is 2.34. The fraction of sp³-hybridized carbons (Fsp3) is 0.222. The molecule has 0 aliphatic carbocycles. The number of carbonyl (C=O) groups is 1. The summed E-state index contributed by atoms with van der Waals surface area (Å²) in [5.41, 5.74) is 0.976. The first-order chi connectivity index (χ1) is 10.8. The van der Waals surface area contributed by atoms with Crippen LogP contribution in [0.1, 0.15) is 25.0 Å². The summed E-state index contributed by atoms with van der Waals surface area (Å²) in [6, 6.07) is 19.0. The predicted octanol–water partition coefficient (Wildman–Crippen LogP) is 3.72. The molecular formula is C18H20N2O2. The zero-order valence-electron chi connectivity index (χ0n) is 13.0. The first-order valence-corrected chi connectivity index (χ1v) is 7.34. The third-order valence-electron chi connectivity index (χ3n) is 3.43. The highest BCUT2D eigenvalue weighted by molar-refractivity contribution is 6.06. The van der Waals surface area contributed by atoms with Gasteiger partial charge in [0.15, 0.2) is 5.54 Å². The SMILES string of the molecule is CC.COC1=NC(=O)NC1(c1ccccc1)c1ccccc1. The summed E-state index contributed by atoms with van der Waals surface area (Å²) < 4.78 is 5.37. The van der Waals surface area contributed by atoms with E-state index in [0.29, 0.717) is 5.90 Å². The van der Waals surface area contributed by atoms with E-state index in [9.17, 15) is 4.79 Å². The van der Waals surface area contributed by atoms with Gasteiger partial charge in [-0.2, -0.15) is 4.99 Å². The Balaban J connectivity index is 0.000000847. The summed E-state index contributed by atoms with van der Waals surface area (Å²) in [4.78, 5) is 15.8. The summed E-state index contributed by atoms with van der Waals surface area (Å²) in [6.45, 7) is 4.00. The Labute approximate surface area is 130 Å². The summed E-state index contributed by atoms with van der Waals surface area (Å²) >= 11 is 0. The van der Waals surface area contributed by atoms with E-state index in [2.05, 4.69) is 10.3 Å². The zero-order chi connectivity index (χ0) is 16.0. The third kappa shape index (κ3) is 2.60. The topological polar surface area (TPSA) is 50.7 Å². The molecular weight excluding hydrogens is 276 g/mol. The molecule has 2 aromatic rings. The molecule has 3 rings (SSSR count). The van der Waals surface area contributed by atoms with Gasteiger partial charge in [-0.1, -0.05) is 74.5 Å². The highest BCUT2D eigenvalue weighted by Gasteiger charge is 2.47. The maximum Gasteiger partial charge on any atom is 0.345 e. The molecule has 0 radical (unpaired) electrons. The van der Waals surface area contributed by atoms with E-state index in [1.54, 1.807) is 0 Å². The van der Waals surface area contributed by atoms with Gasteiger partial charge in [0.2, 0.25) is 5.90 Å².